The molecule has 0 saturated carbocycles. The highest BCUT2D eigenvalue weighted by Crippen LogP contribution is 2.31. The van der Waals surface area contributed by atoms with Gasteiger partial charge >= 0.3 is 0 Å². The fourth-order valence-electron chi connectivity index (χ4n) is 5.03. The van der Waals surface area contributed by atoms with Crippen molar-refractivity contribution in [2.24, 2.45) is 11.8 Å². The molecule has 0 bridgehead atoms. The van der Waals surface area contributed by atoms with Crippen LogP contribution in [0.2, 0.25) is 5.02 Å². The molecule has 1 aromatic heterocycles. The van der Waals surface area contributed by atoms with Crippen LogP contribution in [-0.4, -0.2) is 67.8 Å². The molecule has 0 radical (unpaired) electrons. The molecule has 2 aliphatic rings. The van der Waals surface area contributed by atoms with E-state index in [-0.39, 0.29) is 10.8 Å². The Morgan fingerprint density at radius 3 is 2.31 bits per heavy atom. The lowest BCUT2D eigenvalue weighted by Gasteiger charge is -2.35. The second kappa shape index (κ2) is 9.69. The lowest BCUT2D eigenvalue weighted by molar-refractivity contribution is 0.0746. The molecule has 2 unspecified atom stereocenters. The number of nitrogens with zero attached hydrogens (tertiary/aromatic N) is 4. The number of piperazine rings is 1. The maximum Gasteiger partial charge on any atom is 0.253 e. The molecule has 3 heterocycles. The standard InChI is InChI=1S/C25H29ClN4O3S2/c1-17-13-18(2)16-30(15-17)35(32,33)21-6-3-19(4-7-21)24(31)28-9-11-29(12-10-28)25-27-22-8-5-20(26)14-23(22)34-25/h3-8,14,17-18H,9-13,15-16H2,1-2H3. The lowest BCUT2D eigenvalue weighted by Crippen LogP contribution is -2.48. The Bertz CT molecular complexity index is 1320. The Labute approximate surface area is 215 Å². The van der Waals surface area contributed by atoms with Crippen LogP contribution in [0.25, 0.3) is 10.2 Å². The average Bonchev–Trinajstić information content (AvgIpc) is 3.26. The van der Waals surface area contributed by atoms with Crippen LogP contribution in [0.5, 0.6) is 0 Å². The predicted octanol–water partition coefficient (Wildman–Crippen LogP) is 4.58. The summed E-state index contributed by atoms with van der Waals surface area (Å²) in [7, 11) is -3.56. The van der Waals surface area contributed by atoms with Crippen LogP contribution in [0.1, 0.15) is 30.6 Å². The molecule has 186 valence electrons. The normalized spacial score (nSPS) is 22.0. The van der Waals surface area contributed by atoms with Crippen molar-refractivity contribution in [3.8, 4) is 0 Å². The first-order valence-electron chi connectivity index (χ1n) is 11.9. The molecule has 1 amide bonds. The van der Waals surface area contributed by atoms with Gasteiger partial charge in [-0.3, -0.25) is 4.79 Å². The number of anilines is 1. The summed E-state index contributed by atoms with van der Waals surface area (Å²) in [5.41, 5.74) is 1.43. The fourth-order valence-corrected chi connectivity index (χ4v) is 8.00. The Morgan fingerprint density at radius 2 is 1.66 bits per heavy atom. The van der Waals surface area contributed by atoms with Crippen LogP contribution in [0.15, 0.2) is 47.4 Å². The molecule has 2 saturated heterocycles. The summed E-state index contributed by atoms with van der Waals surface area (Å²) in [6.45, 7) is 7.81. The number of fused-ring (bicyclic) bond motifs is 1. The third kappa shape index (κ3) is 5.05. The summed E-state index contributed by atoms with van der Waals surface area (Å²) in [5, 5.41) is 1.63. The van der Waals surface area contributed by atoms with Crippen molar-refractivity contribution in [1.82, 2.24) is 14.2 Å². The first kappa shape index (κ1) is 24.5. The van der Waals surface area contributed by atoms with E-state index in [4.69, 9.17) is 16.6 Å². The van der Waals surface area contributed by atoms with Gasteiger partial charge in [-0.15, -0.1) is 0 Å². The molecule has 0 aliphatic carbocycles. The molecular weight excluding hydrogens is 504 g/mol. The molecular formula is C25H29ClN4O3S2. The fraction of sp³-hybridized carbons (Fsp3) is 0.440. The zero-order chi connectivity index (χ0) is 24.7. The Balaban J connectivity index is 1.23. The lowest BCUT2D eigenvalue weighted by atomic mass is 9.94. The summed E-state index contributed by atoms with van der Waals surface area (Å²) in [6.07, 6.45) is 1.04. The average molecular weight is 533 g/mol. The summed E-state index contributed by atoms with van der Waals surface area (Å²) in [4.78, 5) is 22.1. The second-order valence-corrected chi connectivity index (χ2v) is 13.1. The van der Waals surface area contributed by atoms with Gasteiger partial charge in [-0.1, -0.05) is 36.8 Å². The highest BCUT2D eigenvalue weighted by Gasteiger charge is 2.32. The van der Waals surface area contributed by atoms with Gasteiger partial charge in [0.15, 0.2) is 5.13 Å². The van der Waals surface area contributed by atoms with Gasteiger partial charge in [0.25, 0.3) is 5.91 Å². The summed E-state index contributed by atoms with van der Waals surface area (Å²) in [6, 6.07) is 12.1. The number of benzene rings is 2. The first-order chi connectivity index (χ1) is 16.7. The number of thiazole rings is 1. The SMILES string of the molecule is CC1CC(C)CN(S(=O)(=O)c2ccc(C(=O)N3CCN(c4nc5ccc(Cl)cc5s4)CC3)cc2)C1. The molecule has 2 fully saturated rings. The van der Waals surface area contributed by atoms with E-state index in [1.807, 2.05) is 23.1 Å². The van der Waals surface area contributed by atoms with E-state index in [9.17, 15) is 13.2 Å². The molecule has 10 heteroatoms. The van der Waals surface area contributed by atoms with Crippen LogP contribution in [-0.2, 0) is 10.0 Å². The number of aromatic nitrogens is 1. The van der Waals surface area contributed by atoms with Gasteiger partial charge in [0.1, 0.15) is 0 Å². The van der Waals surface area contributed by atoms with Crippen molar-refractivity contribution >= 4 is 54.2 Å². The molecule has 2 aliphatic heterocycles. The Kier molecular flexibility index (Phi) is 6.78. The zero-order valence-corrected chi connectivity index (χ0v) is 22.2. The van der Waals surface area contributed by atoms with E-state index < -0.39 is 10.0 Å². The number of rotatable bonds is 4. The van der Waals surface area contributed by atoms with E-state index in [1.165, 1.54) is 0 Å². The maximum absolute atomic E-state index is 13.1. The molecule has 3 aromatic rings. The number of amides is 1. The minimum absolute atomic E-state index is 0.0788. The van der Waals surface area contributed by atoms with Crippen molar-refractivity contribution in [2.45, 2.75) is 25.2 Å². The van der Waals surface area contributed by atoms with Gasteiger partial charge in [-0.25, -0.2) is 13.4 Å². The predicted molar refractivity (Wildman–Crippen MR) is 141 cm³/mol. The van der Waals surface area contributed by atoms with Gasteiger partial charge in [0.05, 0.1) is 15.1 Å². The van der Waals surface area contributed by atoms with Crippen LogP contribution in [0, 0.1) is 11.8 Å². The monoisotopic (exact) mass is 532 g/mol. The quantitative estimate of drug-likeness (QED) is 0.492. The summed E-state index contributed by atoms with van der Waals surface area (Å²) >= 11 is 7.70. The highest BCUT2D eigenvalue weighted by atomic mass is 35.5. The van der Waals surface area contributed by atoms with Gasteiger partial charge in [0.2, 0.25) is 10.0 Å². The Hall–Kier alpha value is -2.20. The maximum atomic E-state index is 13.1. The van der Waals surface area contributed by atoms with Crippen molar-refractivity contribution in [1.29, 1.82) is 0 Å². The van der Waals surface area contributed by atoms with Crippen LogP contribution in [0.3, 0.4) is 0 Å². The van der Waals surface area contributed by atoms with Gasteiger partial charge in [0, 0.05) is 49.9 Å². The second-order valence-electron chi connectivity index (χ2n) is 9.68. The minimum atomic E-state index is -3.56. The molecule has 2 atom stereocenters. The number of piperidine rings is 1. The number of hydrogen-bond donors (Lipinski definition) is 0. The summed E-state index contributed by atoms with van der Waals surface area (Å²) < 4.78 is 28.9. The zero-order valence-electron chi connectivity index (χ0n) is 19.9. The van der Waals surface area contributed by atoms with E-state index in [0.717, 1.165) is 21.8 Å². The first-order valence-corrected chi connectivity index (χ1v) is 14.5. The molecule has 2 aromatic carbocycles. The smallest absolute Gasteiger partial charge is 0.253 e. The molecule has 7 nitrogen and oxygen atoms in total. The number of hydrogen-bond acceptors (Lipinski definition) is 6. The molecule has 5 rings (SSSR count). The van der Waals surface area contributed by atoms with Crippen molar-refractivity contribution < 1.29 is 13.2 Å². The Morgan fingerprint density at radius 1 is 1.00 bits per heavy atom. The summed E-state index contributed by atoms with van der Waals surface area (Å²) in [5.74, 6) is 0.604. The van der Waals surface area contributed by atoms with E-state index in [2.05, 4.69) is 18.7 Å². The van der Waals surface area contributed by atoms with Crippen molar-refractivity contribution in [3.63, 3.8) is 0 Å². The van der Waals surface area contributed by atoms with Gasteiger partial charge in [-0.2, -0.15) is 4.31 Å². The molecule has 0 N–H and O–H groups in total. The molecule has 0 spiro atoms. The number of sulfonamides is 1. The minimum Gasteiger partial charge on any atom is -0.345 e. The van der Waals surface area contributed by atoms with E-state index in [0.29, 0.717) is 61.7 Å². The number of halogens is 1. The third-order valence-corrected chi connectivity index (χ3v) is 9.91. The van der Waals surface area contributed by atoms with E-state index in [1.54, 1.807) is 39.9 Å². The van der Waals surface area contributed by atoms with Gasteiger partial charge < -0.3 is 9.80 Å². The third-order valence-electron chi connectivity index (χ3n) is 6.75. The largest absolute Gasteiger partial charge is 0.345 e. The topological polar surface area (TPSA) is 73.8 Å². The van der Waals surface area contributed by atoms with Crippen LogP contribution >= 0.6 is 22.9 Å². The van der Waals surface area contributed by atoms with Crippen molar-refractivity contribution in [3.05, 3.63) is 53.1 Å². The number of carbonyl (C=O) groups excluding carboxylic acids is 1. The highest BCUT2D eigenvalue weighted by molar-refractivity contribution is 7.89. The van der Waals surface area contributed by atoms with Crippen molar-refractivity contribution in [2.75, 3.05) is 44.2 Å². The number of carbonyl (C=O) groups is 1. The van der Waals surface area contributed by atoms with Gasteiger partial charge in [-0.05, 0) is 60.7 Å². The van der Waals surface area contributed by atoms with E-state index >= 15 is 0 Å². The van der Waals surface area contributed by atoms with Crippen LogP contribution in [0.4, 0.5) is 5.13 Å². The van der Waals surface area contributed by atoms with Crippen LogP contribution < -0.4 is 4.90 Å². The molecule has 35 heavy (non-hydrogen) atoms.